The predicted molar refractivity (Wildman–Crippen MR) is 120 cm³/mol. The number of nitrogens with zero attached hydrogens (tertiary/aromatic N) is 1. The molecule has 1 aliphatic rings. The first-order valence-corrected chi connectivity index (χ1v) is 9.98. The highest BCUT2D eigenvalue weighted by Gasteiger charge is 2.15. The number of para-hydroxylation sites is 2. The molecule has 30 heavy (non-hydrogen) atoms. The number of benzene rings is 3. The third-order valence-corrected chi connectivity index (χ3v) is 5.49. The molecule has 0 spiro atoms. The molecule has 0 unspecified atom stereocenters. The Bertz CT molecular complexity index is 1290. The van der Waals surface area contributed by atoms with E-state index in [4.69, 9.17) is 4.74 Å². The van der Waals surface area contributed by atoms with Crippen LogP contribution in [0.4, 0.5) is 11.4 Å². The Morgan fingerprint density at radius 1 is 0.900 bits per heavy atom. The number of pyridine rings is 1. The third kappa shape index (κ3) is 3.31. The molecule has 6 nitrogen and oxygen atoms in total. The first-order chi connectivity index (χ1) is 14.7. The zero-order valence-electron chi connectivity index (χ0n) is 16.4. The summed E-state index contributed by atoms with van der Waals surface area (Å²) in [5, 5.41) is 4.06. The summed E-state index contributed by atoms with van der Waals surface area (Å²) in [7, 11) is 0. The van der Waals surface area contributed by atoms with Gasteiger partial charge in [0, 0.05) is 40.8 Å². The van der Waals surface area contributed by atoms with E-state index < -0.39 is 0 Å². The number of carbonyl (C=O) groups excluding carboxylic acids is 1. The number of nitrogens with one attached hydrogen (secondary N) is 2. The molecule has 1 amide bonds. The Hall–Kier alpha value is -3.64. The highest BCUT2D eigenvalue weighted by atomic mass is 16.5. The molecule has 3 aromatic carbocycles. The Balaban J connectivity index is 1.45. The van der Waals surface area contributed by atoms with Crippen molar-refractivity contribution in [2.24, 2.45) is 0 Å². The van der Waals surface area contributed by atoms with Gasteiger partial charge in [-0.1, -0.05) is 18.2 Å². The van der Waals surface area contributed by atoms with Gasteiger partial charge in [-0.15, -0.1) is 0 Å². The summed E-state index contributed by atoms with van der Waals surface area (Å²) in [6.07, 6.45) is 0. The minimum Gasteiger partial charge on any atom is -0.378 e. The van der Waals surface area contributed by atoms with Crippen LogP contribution in [0.2, 0.25) is 0 Å². The number of hydrogen-bond acceptors (Lipinski definition) is 4. The van der Waals surface area contributed by atoms with Gasteiger partial charge in [-0.05, 0) is 48.5 Å². The minimum atomic E-state index is -0.259. The second kappa shape index (κ2) is 7.65. The van der Waals surface area contributed by atoms with E-state index in [0.717, 1.165) is 32.0 Å². The number of aromatic amines is 1. The van der Waals surface area contributed by atoms with Crippen LogP contribution in [0.5, 0.6) is 0 Å². The molecule has 0 radical (unpaired) electrons. The van der Waals surface area contributed by atoms with Crippen LogP contribution in [0.3, 0.4) is 0 Å². The fourth-order valence-corrected chi connectivity index (χ4v) is 3.91. The van der Waals surface area contributed by atoms with E-state index in [1.54, 1.807) is 24.3 Å². The summed E-state index contributed by atoms with van der Waals surface area (Å²) in [6, 6.07) is 20.3. The van der Waals surface area contributed by atoms with E-state index in [2.05, 4.69) is 15.2 Å². The van der Waals surface area contributed by atoms with E-state index in [9.17, 15) is 9.59 Å². The van der Waals surface area contributed by atoms with Gasteiger partial charge in [-0.3, -0.25) is 9.59 Å². The fourth-order valence-electron chi connectivity index (χ4n) is 3.91. The van der Waals surface area contributed by atoms with Crippen molar-refractivity contribution in [1.29, 1.82) is 0 Å². The molecular weight excluding hydrogens is 378 g/mol. The molecule has 2 heterocycles. The lowest BCUT2D eigenvalue weighted by Crippen LogP contribution is -2.36. The molecular formula is C24H21N3O3. The first kappa shape index (κ1) is 18.4. The van der Waals surface area contributed by atoms with Gasteiger partial charge in [0.05, 0.1) is 24.3 Å². The summed E-state index contributed by atoms with van der Waals surface area (Å²) in [5.41, 5.74) is 3.43. The molecule has 1 saturated heterocycles. The Kier molecular flexibility index (Phi) is 4.69. The molecule has 0 bridgehead atoms. The number of carbonyl (C=O) groups is 1. The monoisotopic (exact) mass is 399 g/mol. The van der Waals surface area contributed by atoms with Gasteiger partial charge in [0.2, 0.25) is 0 Å². The standard InChI is InChI=1S/C24H21N3O3/c28-23-18-4-1-2-7-21(18)26-22-19(23)5-3-6-20(22)24(29)25-16-8-10-17(11-9-16)27-12-14-30-15-13-27/h1-11H,12-15H2,(H,25,29)(H,26,28). The molecule has 1 fully saturated rings. The Morgan fingerprint density at radius 2 is 1.63 bits per heavy atom. The molecule has 0 atom stereocenters. The number of rotatable bonds is 3. The first-order valence-electron chi connectivity index (χ1n) is 9.98. The maximum absolute atomic E-state index is 13.0. The number of fused-ring (bicyclic) bond motifs is 2. The van der Waals surface area contributed by atoms with Crippen LogP contribution in [0.15, 0.2) is 71.5 Å². The third-order valence-electron chi connectivity index (χ3n) is 5.49. The van der Waals surface area contributed by atoms with Crippen LogP contribution < -0.4 is 15.6 Å². The van der Waals surface area contributed by atoms with Crippen LogP contribution in [0, 0.1) is 0 Å². The van der Waals surface area contributed by atoms with E-state index in [1.807, 2.05) is 42.5 Å². The lowest BCUT2D eigenvalue weighted by atomic mass is 10.1. The van der Waals surface area contributed by atoms with Gasteiger partial charge in [0.1, 0.15) is 0 Å². The van der Waals surface area contributed by atoms with Crippen LogP contribution >= 0.6 is 0 Å². The normalized spacial score (nSPS) is 14.2. The zero-order valence-corrected chi connectivity index (χ0v) is 16.4. The highest BCUT2D eigenvalue weighted by molar-refractivity contribution is 6.13. The average Bonchev–Trinajstić information content (AvgIpc) is 2.80. The minimum absolute atomic E-state index is 0.0798. The summed E-state index contributed by atoms with van der Waals surface area (Å²) in [5.74, 6) is -0.259. The lowest BCUT2D eigenvalue weighted by molar-refractivity contribution is 0.102. The van der Waals surface area contributed by atoms with E-state index in [-0.39, 0.29) is 11.3 Å². The molecule has 2 N–H and O–H groups in total. The fraction of sp³-hybridized carbons (Fsp3) is 0.167. The lowest BCUT2D eigenvalue weighted by Gasteiger charge is -2.28. The van der Waals surface area contributed by atoms with Gasteiger partial charge in [0.25, 0.3) is 5.91 Å². The molecule has 1 aromatic heterocycles. The maximum Gasteiger partial charge on any atom is 0.257 e. The maximum atomic E-state index is 13.0. The Labute approximate surface area is 173 Å². The van der Waals surface area contributed by atoms with Gasteiger partial charge in [-0.2, -0.15) is 0 Å². The SMILES string of the molecule is O=C(Nc1ccc(N2CCOCC2)cc1)c1cccc2c(=O)c3ccccc3[nH]c12. The summed E-state index contributed by atoms with van der Waals surface area (Å²) in [4.78, 5) is 31.4. The largest absolute Gasteiger partial charge is 0.378 e. The second-order valence-electron chi connectivity index (χ2n) is 7.33. The number of amides is 1. The highest BCUT2D eigenvalue weighted by Crippen LogP contribution is 2.22. The van der Waals surface area contributed by atoms with E-state index in [0.29, 0.717) is 33.1 Å². The van der Waals surface area contributed by atoms with Crippen molar-refractivity contribution in [3.05, 3.63) is 82.5 Å². The summed E-state index contributed by atoms with van der Waals surface area (Å²) in [6.45, 7) is 3.19. The predicted octanol–water partition coefficient (Wildman–Crippen LogP) is 3.77. The van der Waals surface area contributed by atoms with Crippen molar-refractivity contribution >= 4 is 39.1 Å². The van der Waals surface area contributed by atoms with Crippen LogP contribution in [0.25, 0.3) is 21.8 Å². The topological polar surface area (TPSA) is 74.4 Å². The van der Waals surface area contributed by atoms with Crippen molar-refractivity contribution in [2.45, 2.75) is 0 Å². The van der Waals surface area contributed by atoms with Crippen molar-refractivity contribution in [3.63, 3.8) is 0 Å². The van der Waals surface area contributed by atoms with Crippen LogP contribution in [0.1, 0.15) is 10.4 Å². The number of aromatic nitrogens is 1. The molecule has 0 saturated carbocycles. The molecule has 1 aliphatic heterocycles. The van der Waals surface area contributed by atoms with Gasteiger partial charge in [0.15, 0.2) is 5.43 Å². The van der Waals surface area contributed by atoms with Crippen molar-refractivity contribution in [1.82, 2.24) is 4.98 Å². The molecule has 4 aromatic rings. The zero-order chi connectivity index (χ0) is 20.5. The smallest absolute Gasteiger partial charge is 0.257 e. The van der Waals surface area contributed by atoms with E-state index in [1.165, 1.54) is 0 Å². The van der Waals surface area contributed by atoms with Gasteiger partial charge < -0.3 is 19.9 Å². The van der Waals surface area contributed by atoms with Crippen LogP contribution in [-0.4, -0.2) is 37.2 Å². The number of anilines is 2. The van der Waals surface area contributed by atoms with E-state index >= 15 is 0 Å². The molecule has 0 aliphatic carbocycles. The molecule has 5 rings (SSSR count). The van der Waals surface area contributed by atoms with Gasteiger partial charge in [-0.25, -0.2) is 0 Å². The van der Waals surface area contributed by atoms with Crippen molar-refractivity contribution in [2.75, 3.05) is 36.5 Å². The number of hydrogen-bond donors (Lipinski definition) is 2. The number of H-pyrrole nitrogens is 1. The quantitative estimate of drug-likeness (QED) is 0.515. The van der Waals surface area contributed by atoms with Crippen LogP contribution in [-0.2, 0) is 4.74 Å². The van der Waals surface area contributed by atoms with Crippen molar-refractivity contribution in [3.8, 4) is 0 Å². The summed E-state index contributed by atoms with van der Waals surface area (Å²) >= 11 is 0. The van der Waals surface area contributed by atoms with Crippen molar-refractivity contribution < 1.29 is 9.53 Å². The average molecular weight is 399 g/mol. The summed E-state index contributed by atoms with van der Waals surface area (Å²) < 4.78 is 5.39. The Morgan fingerprint density at radius 3 is 2.43 bits per heavy atom. The molecule has 150 valence electrons. The second-order valence-corrected chi connectivity index (χ2v) is 7.33. The number of morpholine rings is 1. The van der Waals surface area contributed by atoms with Gasteiger partial charge >= 0.3 is 0 Å². The number of ether oxygens (including phenoxy) is 1. The molecule has 6 heteroatoms.